The number of fused-ring (bicyclic) bond motifs is 1. The van der Waals surface area contributed by atoms with Gasteiger partial charge < -0.3 is 14.6 Å². The fourth-order valence-electron chi connectivity index (χ4n) is 3.64. The van der Waals surface area contributed by atoms with Gasteiger partial charge in [0.1, 0.15) is 11.6 Å². The summed E-state index contributed by atoms with van der Waals surface area (Å²) >= 11 is 0. The molecule has 0 atom stereocenters. The van der Waals surface area contributed by atoms with Crippen LogP contribution in [0.4, 0.5) is 0 Å². The van der Waals surface area contributed by atoms with E-state index in [1.165, 1.54) is 0 Å². The van der Waals surface area contributed by atoms with E-state index in [-0.39, 0.29) is 17.4 Å². The van der Waals surface area contributed by atoms with Gasteiger partial charge in [0.15, 0.2) is 0 Å². The molecule has 26 heavy (non-hydrogen) atoms. The number of nitrogens with zero attached hydrogens (tertiary/aromatic N) is 2. The third-order valence-corrected chi connectivity index (χ3v) is 5.39. The van der Waals surface area contributed by atoms with Gasteiger partial charge in [-0.1, -0.05) is 18.6 Å². The Balaban J connectivity index is 1.53. The average molecular weight is 353 g/mol. The number of methoxy groups -OCH3 is 1. The molecule has 1 aliphatic carbocycles. The highest BCUT2D eigenvalue weighted by atomic mass is 16.5. The van der Waals surface area contributed by atoms with Gasteiger partial charge in [0.2, 0.25) is 5.91 Å². The lowest BCUT2D eigenvalue weighted by molar-refractivity contribution is -0.139. The molecular formula is C20H23N3O3. The molecule has 1 saturated carbocycles. The molecule has 2 heterocycles. The molecule has 0 unspecified atom stereocenters. The number of carbonyl (C=O) groups is 1. The Bertz CT molecular complexity index is 886. The van der Waals surface area contributed by atoms with Crippen molar-refractivity contribution >= 4 is 5.91 Å². The van der Waals surface area contributed by atoms with Crippen molar-refractivity contribution < 1.29 is 9.53 Å². The number of hydrogen-bond donors (Lipinski definition) is 1. The minimum Gasteiger partial charge on any atom is -0.497 e. The predicted octanol–water partition coefficient (Wildman–Crippen LogP) is 2.05. The van der Waals surface area contributed by atoms with Crippen molar-refractivity contribution in [2.45, 2.75) is 38.6 Å². The summed E-state index contributed by atoms with van der Waals surface area (Å²) in [5.74, 6) is 1.80. The number of aromatic amines is 1. The summed E-state index contributed by atoms with van der Waals surface area (Å²) in [6.45, 7) is 1.03. The molecular weight excluding hydrogens is 330 g/mol. The molecule has 6 heteroatoms. The molecule has 1 N–H and O–H groups in total. The van der Waals surface area contributed by atoms with Crippen LogP contribution in [0.25, 0.3) is 0 Å². The van der Waals surface area contributed by atoms with Gasteiger partial charge in [-0.25, -0.2) is 4.98 Å². The van der Waals surface area contributed by atoms with Crippen LogP contribution >= 0.6 is 0 Å². The maximum atomic E-state index is 12.6. The van der Waals surface area contributed by atoms with Crippen LogP contribution in [0.5, 0.6) is 5.75 Å². The van der Waals surface area contributed by atoms with Crippen molar-refractivity contribution in [2.75, 3.05) is 13.7 Å². The van der Waals surface area contributed by atoms with Crippen molar-refractivity contribution in [3.63, 3.8) is 0 Å². The van der Waals surface area contributed by atoms with Crippen molar-refractivity contribution in [1.82, 2.24) is 14.9 Å². The standard InChI is InChI=1S/C20H23N3O3/c1-26-15-7-2-4-13(10-15)11-18-21-17-8-9-23(12-16(17)19(24)22-18)20(25)14-5-3-6-14/h2,4,7,10,14H,3,5-6,8-9,11-12H2,1H3,(H,21,22,24). The van der Waals surface area contributed by atoms with Crippen LogP contribution < -0.4 is 10.3 Å². The molecule has 6 nitrogen and oxygen atoms in total. The van der Waals surface area contributed by atoms with Gasteiger partial charge in [-0.3, -0.25) is 9.59 Å². The van der Waals surface area contributed by atoms with Crippen LogP contribution in [0.2, 0.25) is 0 Å². The molecule has 1 aromatic carbocycles. The van der Waals surface area contributed by atoms with Gasteiger partial charge >= 0.3 is 0 Å². The first kappa shape index (κ1) is 16.8. The fourth-order valence-corrected chi connectivity index (χ4v) is 3.64. The molecule has 1 aromatic heterocycles. The Morgan fingerprint density at radius 3 is 2.96 bits per heavy atom. The van der Waals surface area contributed by atoms with E-state index in [9.17, 15) is 9.59 Å². The van der Waals surface area contributed by atoms with E-state index in [0.717, 1.165) is 36.3 Å². The van der Waals surface area contributed by atoms with Crippen LogP contribution in [-0.2, 0) is 24.2 Å². The first-order valence-electron chi connectivity index (χ1n) is 9.16. The number of rotatable bonds is 4. The van der Waals surface area contributed by atoms with Gasteiger partial charge in [-0.2, -0.15) is 0 Å². The van der Waals surface area contributed by atoms with E-state index >= 15 is 0 Å². The number of aromatic nitrogens is 2. The van der Waals surface area contributed by atoms with Crippen LogP contribution in [0.3, 0.4) is 0 Å². The Morgan fingerprint density at radius 1 is 1.38 bits per heavy atom. The normalized spacial score (nSPS) is 16.7. The summed E-state index contributed by atoms with van der Waals surface area (Å²) in [6.07, 6.45) is 4.29. The van der Waals surface area contributed by atoms with Crippen LogP contribution in [0, 0.1) is 5.92 Å². The first-order valence-corrected chi connectivity index (χ1v) is 9.16. The second-order valence-corrected chi connectivity index (χ2v) is 7.10. The number of H-pyrrole nitrogens is 1. The fraction of sp³-hybridized carbons (Fsp3) is 0.450. The van der Waals surface area contributed by atoms with Crippen LogP contribution in [-0.4, -0.2) is 34.4 Å². The molecule has 2 aromatic rings. The second kappa shape index (κ2) is 6.94. The van der Waals surface area contributed by atoms with Gasteiger partial charge in [0.05, 0.1) is 24.9 Å². The lowest BCUT2D eigenvalue weighted by Gasteiger charge is -2.34. The van der Waals surface area contributed by atoms with E-state index in [0.29, 0.717) is 37.3 Å². The maximum Gasteiger partial charge on any atom is 0.256 e. The van der Waals surface area contributed by atoms with Crippen LogP contribution in [0.15, 0.2) is 29.1 Å². The van der Waals surface area contributed by atoms with E-state index in [4.69, 9.17) is 4.74 Å². The lowest BCUT2D eigenvalue weighted by Crippen LogP contribution is -2.44. The highest BCUT2D eigenvalue weighted by molar-refractivity contribution is 5.79. The predicted molar refractivity (Wildman–Crippen MR) is 97.1 cm³/mol. The molecule has 0 radical (unpaired) electrons. The highest BCUT2D eigenvalue weighted by Gasteiger charge is 2.32. The Kier molecular flexibility index (Phi) is 4.49. The van der Waals surface area contributed by atoms with E-state index in [1.807, 2.05) is 29.2 Å². The SMILES string of the molecule is COc1cccc(Cc2nc3c(c(=O)[nH]2)CN(C(=O)C2CCC2)CC3)c1. The van der Waals surface area contributed by atoms with E-state index < -0.39 is 0 Å². The molecule has 0 saturated heterocycles. The third kappa shape index (κ3) is 3.23. The third-order valence-electron chi connectivity index (χ3n) is 5.39. The number of benzene rings is 1. The molecule has 136 valence electrons. The minimum absolute atomic E-state index is 0.126. The van der Waals surface area contributed by atoms with Crippen molar-refractivity contribution in [3.8, 4) is 5.75 Å². The molecule has 0 bridgehead atoms. The van der Waals surface area contributed by atoms with Gasteiger partial charge in [-0.05, 0) is 30.5 Å². The van der Waals surface area contributed by atoms with Gasteiger partial charge in [0, 0.05) is 25.3 Å². The zero-order chi connectivity index (χ0) is 18.1. The topological polar surface area (TPSA) is 75.3 Å². The molecule has 4 rings (SSSR count). The largest absolute Gasteiger partial charge is 0.497 e. The van der Waals surface area contributed by atoms with Crippen molar-refractivity contribution in [1.29, 1.82) is 0 Å². The van der Waals surface area contributed by atoms with E-state index in [2.05, 4.69) is 9.97 Å². The highest BCUT2D eigenvalue weighted by Crippen LogP contribution is 2.29. The summed E-state index contributed by atoms with van der Waals surface area (Å²) in [4.78, 5) is 34.4. The Morgan fingerprint density at radius 2 is 2.23 bits per heavy atom. The van der Waals surface area contributed by atoms with Crippen LogP contribution in [0.1, 0.15) is 41.9 Å². The number of carbonyl (C=O) groups excluding carboxylic acids is 1. The summed E-state index contributed by atoms with van der Waals surface area (Å²) in [6, 6.07) is 7.74. The molecule has 1 amide bonds. The van der Waals surface area contributed by atoms with Gasteiger partial charge in [0.25, 0.3) is 5.56 Å². The second-order valence-electron chi connectivity index (χ2n) is 7.10. The molecule has 1 aliphatic heterocycles. The summed E-state index contributed by atoms with van der Waals surface area (Å²) in [5.41, 5.74) is 2.37. The van der Waals surface area contributed by atoms with Crippen molar-refractivity contribution in [3.05, 3.63) is 57.3 Å². The Hall–Kier alpha value is -2.63. The average Bonchev–Trinajstić information content (AvgIpc) is 2.60. The zero-order valence-electron chi connectivity index (χ0n) is 15.0. The summed E-state index contributed by atoms with van der Waals surface area (Å²) in [7, 11) is 1.63. The number of hydrogen-bond acceptors (Lipinski definition) is 4. The Labute approximate surface area is 152 Å². The van der Waals surface area contributed by atoms with Crippen molar-refractivity contribution in [2.24, 2.45) is 5.92 Å². The minimum atomic E-state index is -0.126. The lowest BCUT2D eigenvalue weighted by atomic mass is 9.84. The first-order chi connectivity index (χ1) is 12.6. The quantitative estimate of drug-likeness (QED) is 0.913. The maximum absolute atomic E-state index is 12.6. The number of amides is 1. The number of nitrogens with one attached hydrogen (secondary N) is 1. The molecule has 2 aliphatic rings. The zero-order valence-corrected chi connectivity index (χ0v) is 15.0. The summed E-state index contributed by atoms with van der Waals surface area (Å²) < 4.78 is 5.24. The molecule has 1 fully saturated rings. The molecule has 0 spiro atoms. The van der Waals surface area contributed by atoms with E-state index in [1.54, 1.807) is 7.11 Å². The monoisotopic (exact) mass is 353 g/mol. The smallest absolute Gasteiger partial charge is 0.256 e. The van der Waals surface area contributed by atoms with Gasteiger partial charge in [-0.15, -0.1) is 0 Å². The summed E-state index contributed by atoms with van der Waals surface area (Å²) in [5, 5.41) is 0. The number of ether oxygens (including phenoxy) is 1.